The molecule has 7 rings (SSSR count). The minimum atomic E-state index is -4.60. The molecular formula is C26H14F3NO3. The Morgan fingerprint density at radius 3 is 1.76 bits per heavy atom. The predicted molar refractivity (Wildman–Crippen MR) is 115 cm³/mol. The van der Waals surface area contributed by atoms with E-state index in [1.807, 2.05) is 54.6 Å². The molecule has 1 N–H and O–H groups in total. The highest BCUT2D eigenvalue weighted by Gasteiger charge is 2.44. The number of hydrogen-bond donors (Lipinski definition) is 1. The van der Waals surface area contributed by atoms with Crippen LogP contribution in [-0.2, 0) is 6.18 Å². The van der Waals surface area contributed by atoms with Crippen molar-refractivity contribution in [1.29, 1.82) is 0 Å². The molecule has 0 spiro atoms. The molecule has 0 radical (unpaired) electrons. The van der Waals surface area contributed by atoms with Gasteiger partial charge >= 0.3 is 6.18 Å². The molecule has 0 saturated heterocycles. The van der Waals surface area contributed by atoms with E-state index in [1.54, 1.807) is 4.90 Å². The molecule has 0 bridgehead atoms. The molecule has 3 aliphatic rings. The molecule has 7 heteroatoms. The highest BCUT2D eigenvalue weighted by molar-refractivity contribution is 5.91. The zero-order valence-corrected chi connectivity index (χ0v) is 16.9. The number of phenols is 1. The molecule has 162 valence electrons. The first-order chi connectivity index (χ1) is 15.9. The first kappa shape index (κ1) is 18.4. The van der Waals surface area contributed by atoms with Gasteiger partial charge in [-0.3, -0.25) is 0 Å². The monoisotopic (exact) mass is 445 g/mol. The third kappa shape index (κ3) is 2.42. The van der Waals surface area contributed by atoms with Crippen LogP contribution in [0.4, 0.5) is 30.2 Å². The third-order valence-electron chi connectivity index (χ3n) is 6.39. The van der Waals surface area contributed by atoms with Gasteiger partial charge in [0.15, 0.2) is 0 Å². The number of hydrogen-bond acceptors (Lipinski definition) is 4. The minimum absolute atomic E-state index is 0.174. The average Bonchev–Trinajstić information content (AvgIpc) is 2.78. The fourth-order valence-corrected chi connectivity index (χ4v) is 5.17. The molecule has 0 unspecified atom stereocenters. The largest absolute Gasteiger partial charge is 0.508 e. The highest BCUT2D eigenvalue weighted by Crippen LogP contribution is 2.64. The molecule has 0 aliphatic carbocycles. The van der Waals surface area contributed by atoms with Gasteiger partial charge in [-0.2, -0.15) is 13.2 Å². The number of nitrogens with zero attached hydrogens (tertiary/aromatic N) is 1. The lowest BCUT2D eigenvalue weighted by Crippen LogP contribution is -2.27. The Labute approximate surface area is 186 Å². The van der Waals surface area contributed by atoms with Gasteiger partial charge in [-0.15, -0.1) is 0 Å². The fourth-order valence-electron chi connectivity index (χ4n) is 5.17. The van der Waals surface area contributed by atoms with E-state index in [0.29, 0.717) is 34.4 Å². The maximum absolute atomic E-state index is 13.6. The molecule has 0 fully saturated rings. The van der Waals surface area contributed by atoms with Crippen LogP contribution in [0.5, 0.6) is 28.7 Å². The topological polar surface area (TPSA) is 41.9 Å². The number of aromatic hydroxyl groups is 1. The lowest BCUT2D eigenvalue weighted by atomic mass is 9.76. The number of anilines is 3. The van der Waals surface area contributed by atoms with Crippen LogP contribution >= 0.6 is 0 Å². The molecule has 0 atom stereocenters. The number of halogens is 3. The normalized spacial score (nSPS) is 14.9. The van der Waals surface area contributed by atoms with Crippen LogP contribution < -0.4 is 14.4 Å². The molecule has 4 aromatic carbocycles. The Balaban J connectivity index is 1.56. The van der Waals surface area contributed by atoms with Crippen LogP contribution in [0.25, 0.3) is 0 Å². The van der Waals surface area contributed by atoms with Crippen LogP contribution in [0, 0.1) is 0 Å². The molecule has 4 aromatic rings. The van der Waals surface area contributed by atoms with E-state index in [2.05, 4.69) is 0 Å². The van der Waals surface area contributed by atoms with Crippen LogP contribution in [0.3, 0.4) is 0 Å². The first-order valence-electron chi connectivity index (χ1n) is 10.4. The van der Waals surface area contributed by atoms with Gasteiger partial charge in [-0.25, -0.2) is 0 Å². The second kappa shape index (κ2) is 6.01. The van der Waals surface area contributed by atoms with Crippen molar-refractivity contribution in [3.63, 3.8) is 0 Å². The molecule has 4 nitrogen and oxygen atoms in total. The maximum Gasteiger partial charge on any atom is 0.416 e. The lowest BCUT2D eigenvalue weighted by Gasteiger charge is -2.43. The standard InChI is InChI=1S/C26H14F3NO3/c27-26(28,29)13-10-14(12-15(31)11-13)30-16-4-1-6-18-22(16)25-23-17(30)5-2-7-19(23)33-21-9-3-8-20(32-18)24(21)25/h1-12,25,31H. The second-order valence-electron chi connectivity index (χ2n) is 8.25. The van der Waals surface area contributed by atoms with Gasteiger partial charge in [-0.1, -0.05) is 18.2 Å². The van der Waals surface area contributed by atoms with Gasteiger partial charge in [0.2, 0.25) is 0 Å². The highest BCUT2D eigenvalue weighted by atomic mass is 19.4. The van der Waals surface area contributed by atoms with Crippen LogP contribution in [0.1, 0.15) is 28.2 Å². The Morgan fingerprint density at radius 2 is 1.21 bits per heavy atom. The summed E-state index contributed by atoms with van der Waals surface area (Å²) < 4.78 is 53.1. The number of rotatable bonds is 1. The summed E-state index contributed by atoms with van der Waals surface area (Å²) in [6.45, 7) is 0. The first-order valence-corrected chi connectivity index (χ1v) is 10.4. The van der Waals surface area contributed by atoms with Gasteiger partial charge in [0, 0.05) is 22.8 Å². The van der Waals surface area contributed by atoms with Gasteiger partial charge in [0.05, 0.1) is 28.5 Å². The summed E-state index contributed by atoms with van der Waals surface area (Å²) in [5, 5.41) is 10.2. The zero-order valence-electron chi connectivity index (χ0n) is 16.9. The van der Waals surface area contributed by atoms with Crippen LogP contribution in [0.15, 0.2) is 72.8 Å². The summed E-state index contributed by atoms with van der Waals surface area (Å²) >= 11 is 0. The summed E-state index contributed by atoms with van der Waals surface area (Å²) in [7, 11) is 0. The Bertz CT molecular complexity index is 1420. The van der Waals surface area contributed by atoms with E-state index in [4.69, 9.17) is 9.47 Å². The van der Waals surface area contributed by atoms with Crippen LogP contribution in [0.2, 0.25) is 0 Å². The predicted octanol–water partition coefficient (Wildman–Crippen LogP) is 7.59. The lowest BCUT2D eigenvalue weighted by molar-refractivity contribution is -0.137. The maximum atomic E-state index is 13.6. The summed E-state index contributed by atoms with van der Waals surface area (Å²) in [6, 6.07) is 19.8. The van der Waals surface area contributed by atoms with Crippen molar-refractivity contribution in [1.82, 2.24) is 0 Å². The number of ether oxygens (including phenoxy) is 2. The van der Waals surface area contributed by atoms with Crippen molar-refractivity contribution in [2.75, 3.05) is 4.90 Å². The summed E-state index contributed by atoms with van der Waals surface area (Å²) in [5.41, 5.74) is 3.30. The fraction of sp³-hybridized carbons (Fsp3) is 0.0769. The van der Waals surface area contributed by atoms with E-state index in [9.17, 15) is 18.3 Å². The van der Waals surface area contributed by atoms with Crippen molar-refractivity contribution in [3.8, 4) is 28.7 Å². The SMILES string of the molecule is Oc1cc(N2c3cccc4c3C3c5c(cccc5Oc5cccc2c53)O4)cc(C(F)(F)F)c1. The molecule has 0 aromatic heterocycles. The minimum Gasteiger partial charge on any atom is -0.508 e. The Hall–Kier alpha value is -4.13. The molecule has 3 heterocycles. The molecule has 33 heavy (non-hydrogen) atoms. The summed E-state index contributed by atoms with van der Waals surface area (Å²) in [4.78, 5) is 1.73. The average molecular weight is 445 g/mol. The van der Waals surface area contributed by atoms with Gasteiger partial charge < -0.3 is 19.5 Å². The Morgan fingerprint density at radius 1 is 0.697 bits per heavy atom. The van der Waals surface area contributed by atoms with Gasteiger partial charge in [0.1, 0.15) is 28.7 Å². The summed E-state index contributed by atoms with van der Waals surface area (Å²) in [5.74, 6) is 2.06. The van der Waals surface area contributed by atoms with Gasteiger partial charge in [0.25, 0.3) is 0 Å². The van der Waals surface area contributed by atoms with Crippen molar-refractivity contribution in [2.45, 2.75) is 12.1 Å². The quantitative estimate of drug-likeness (QED) is 0.283. The van der Waals surface area contributed by atoms with Crippen molar-refractivity contribution >= 4 is 17.1 Å². The van der Waals surface area contributed by atoms with Crippen molar-refractivity contribution in [2.24, 2.45) is 0 Å². The summed E-state index contributed by atoms with van der Waals surface area (Å²) in [6.07, 6.45) is -4.60. The molecule has 3 aliphatic heterocycles. The van der Waals surface area contributed by atoms with E-state index in [0.717, 1.165) is 28.8 Å². The van der Waals surface area contributed by atoms with E-state index >= 15 is 0 Å². The van der Waals surface area contributed by atoms with Crippen molar-refractivity contribution < 1.29 is 27.8 Å². The van der Waals surface area contributed by atoms with Crippen molar-refractivity contribution in [3.05, 3.63) is 95.1 Å². The van der Waals surface area contributed by atoms with Gasteiger partial charge in [-0.05, 0) is 48.5 Å². The zero-order chi connectivity index (χ0) is 22.5. The Kier molecular flexibility index (Phi) is 3.36. The molecule has 0 saturated carbocycles. The number of benzene rings is 4. The molecule has 0 amide bonds. The van der Waals surface area contributed by atoms with E-state index in [-0.39, 0.29) is 11.6 Å². The third-order valence-corrected chi connectivity index (χ3v) is 6.39. The molecular weight excluding hydrogens is 431 g/mol. The van der Waals surface area contributed by atoms with Crippen LogP contribution in [-0.4, -0.2) is 5.11 Å². The number of phenolic OH excluding ortho intramolecular Hbond substituents is 1. The number of alkyl halides is 3. The van der Waals surface area contributed by atoms with E-state index in [1.165, 1.54) is 6.07 Å². The second-order valence-corrected chi connectivity index (χ2v) is 8.25. The van der Waals surface area contributed by atoms with E-state index < -0.39 is 17.5 Å². The smallest absolute Gasteiger partial charge is 0.416 e.